The van der Waals surface area contributed by atoms with Gasteiger partial charge in [-0.1, -0.05) is 13.8 Å². The average molecular weight is 302 g/mol. The summed E-state index contributed by atoms with van der Waals surface area (Å²) in [7, 11) is 0. The van der Waals surface area contributed by atoms with Gasteiger partial charge in [0, 0.05) is 18.3 Å². The lowest BCUT2D eigenvalue weighted by Crippen LogP contribution is -2.72. The number of rotatable bonds is 0. The molecule has 0 aromatic carbocycles. The standard InChI is InChI=1S/C15H23FO5/c1-8-4-5-11-9(2)15(16,17)19-12-14(11)10(8)6-7-13(3,18-12)20-21-14/h8-12,17H,4-7H2,1-3H3/t8-,9?,10+,11+,12+,13?,14?,15?/m1/s1. The van der Waals surface area contributed by atoms with E-state index in [2.05, 4.69) is 6.92 Å². The van der Waals surface area contributed by atoms with Crippen molar-refractivity contribution < 1.29 is 28.7 Å². The van der Waals surface area contributed by atoms with Gasteiger partial charge in [0.1, 0.15) is 0 Å². The minimum absolute atomic E-state index is 0.184. The second kappa shape index (κ2) is 4.17. The van der Waals surface area contributed by atoms with Crippen molar-refractivity contribution in [2.75, 3.05) is 0 Å². The quantitative estimate of drug-likeness (QED) is 0.697. The van der Waals surface area contributed by atoms with Gasteiger partial charge in [-0.15, -0.1) is 0 Å². The van der Waals surface area contributed by atoms with E-state index in [1.54, 1.807) is 13.8 Å². The third-order valence-corrected chi connectivity index (χ3v) is 6.21. The first-order valence-corrected chi connectivity index (χ1v) is 7.92. The van der Waals surface area contributed by atoms with Crippen LogP contribution in [0.4, 0.5) is 4.39 Å². The third-order valence-electron chi connectivity index (χ3n) is 6.21. The molecule has 4 unspecified atom stereocenters. The number of alkyl halides is 1. The van der Waals surface area contributed by atoms with Gasteiger partial charge >= 0.3 is 6.04 Å². The molecule has 5 rings (SSSR count). The van der Waals surface area contributed by atoms with Crippen molar-refractivity contribution in [2.24, 2.45) is 23.7 Å². The molecule has 1 spiro atoms. The molecule has 5 fully saturated rings. The van der Waals surface area contributed by atoms with Crippen LogP contribution in [-0.4, -0.2) is 28.8 Å². The molecule has 120 valence electrons. The predicted octanol–water partition coefficient (Wildman–Crippen LogP) is 2.48. The summed E-state index contributed by atoms with van der Waals surface area (Å²) in [6.07, 6.45) is 2.40. The number of ether oxygens (including phenoxy) is 2. The zero-order valence-electron chi connectivity index (χ0n) is 12.7. The molecule has 1 N–H and O–H groups in total. The fraction of sp³-hybridized carbons (Fsp3) is 1.00. The van der Waals surface area contributed by atoms with Crippen molar-refractivity contribution in [3.05, 3.63) is 0 Å². The van der Waals surface area contributed by atoms with Crippen molar-refractivity contribution in [1.29, 1.82) is 0 Å². The second-order valence-corrected chi connectivity index (χ2v) is 7.43. The molecule has 5 aliphatic rings. The smallest absolute Gasteiger partial charge is 0.323 e. The Bertz CT molecular complexity index is 457. The van der Waals surface area contributed by atoms with Crippen LogP contribution in [-0.2, 0) is 19.2 Å². The van der Waals surface area contributed by atoms with E-state index in [0.29, 0.717) is 12.3 Å². The Hall–Kier alpha value is -0.270. The Morgan fingerprint density at radius 3 is 2.57 bits per heavy atom. The van der Waals surface area contributed by atoms with Crippen LogP contribution in [0, 0.1) is 23.7 Å². The zero-order chi connectivity index (χ0) is 15.0. The first kappa shape index (κ1) is 14.3. The molecule has 0 aromatic heterocycles. The van der Waals surface area contributed by atoms with E-state index >= 15 is 0 Å². The van der Waals surface area contributed by atoms with Crippen molar-refractivity contribution in [3.8, 4) is 0 Å². The normalized spacial score (nSPS) is 63.0. The molecule has 8 atom stereocenters. The number of hydrogen-bond donors (Lipinski definition) is 1. The largest absolute Gasteiger partial charge is 0.340 e. The van der Waals surface area contributed by atoms with E-state index in [0.717, 1.165) is 19.3 Å². The fourth-order valence-electron chi connectivity index (χ4n) is 4.89. The van der Waals surface area contributed by atoms with Gasteiger partial charge in [-0.05, 0) is 38.0 Å². The number of hydrogen-bond acceptors (Lipinski definition) is 5. The third kappa shape index (κ3) is 1.74. The molecule has 1 aliphatic carbocycles. The Kier molecular flexibility index (Phi) is 2.85. The molecule has 0 radical (unpaired) electrons. The molecule has 4 aliphatic heterocycles. The Morgan fingerprint density at radius 2 is 1.81 bits per heavy atom. The maximum absolute atomic E-state index is 14.5. The van der Waals surface area contributed by atoms with Crippen molar-refractivity contribution in [2.45, 2.75) is 70.2 Å². The van der Waals surface area contributed by atoms with E-state index in [4.69, 9.17) is 19.2 Å². The van der Waals surface area contributed by atoms with E-state index in [-0.39, 0.29) is 11.8 Å². The topological polar surface area (TPSA) is 57.2 Å². The minimum atomic E-state index is -2.68. The Morgan fingerprint density at radius 1 is 1.05 bits per heavy atom. The van der Waals surface area contributed by atoms with Crippen LogP contribution in [0.1, 0.15) is 46.5 Å². The van der Waals surface area contributed by atoms with Gasteiger partial charge in [0.25, 0.3) is 0 Å². The number of halogens is 1. The molecule has 4 heterocycles. The SMILES string of the molecule is CC1[C@@H]2CC[C@@H](C)[C@@H]3CCC4(C)OOC23[C@@H](O4)OC1(O)F. The van der Waals surface area contributed by atoms with Gasteiger partial charge in [-0.2, -0.15) is 4.39 Å². The fourth-order valence-corrected chi connectivity index (χ4v) is 4.89. The second-order valence-electron chi connectivity index (χ2n) is 7.43. The van der Waals surface area contributed by atoms with E-state index in [1.807, 2.05) is 0 Å². The van der Waals surface area contributed by atoms with Gasteiger partial charge in [-0.3, -0.25) is 4.74 Å². The summed E-state index contributed by atoms with van der Waals surface area (Å²) >= 11 is 0. The lowest BCUT2D eigenvalue weighted by atomic mass is 9.58. The van der Waals surface area contributed by atoms with Crippen LogP contribution in [0.5, 0.6) is 0 Å². The number of fused-ring (bicyclic) bond motifs is 2. The van der Waals surface area contributed by atoms with Crippen LogP contribution in [0.25, 0.3) is 0 Å². The molecular weight excluding hydrogens is 279 g/mol. The van der Waals surface area contributed by atoms with Crippen molar-refractivity contribution in [1.82, 2.24) is 0 Å². The van der Waals surface area contributed by atoms with Crippen LogP contribution in [0.3, 0.4) is 0 Å². The maximum Gasteiger partial charge on any atom is 0.323 e. The molecule has 21 heavy (non-hydrogen) atoms. The molecule has 0 aromatic rings. The highest BCUT2D eigenvalue weighted by Gasteiger charge is 2.72. The summed E-state index contributed by atoms with van der Waals surface area (Å²) in [6.45, 7) is 5.64. The molecular formula is C15H23FO5. The molecule has 6 heteroatoms. The highest BCUT2D eigenvalue weighted by Crippen LogP contribution is 2.61. The zero-order valence-corrected chi connectivity index (χ0v) is 12.7. The molecule has 4 saturated heterocycles. The van der Waals surface area contributed by atoms with Crippen LogP contribution in [0.2, 0.25) is 0 Å². The first-order valence-electron chi connectivity index (χ1n) is 7.92. The van der Waals surface area contributed by atoms with Crippen LogP contribution >= 0.6 is 0 Å². The van der Waals surface area contributed by atoms with Gasteiger partial charge in [0.2, 0.25) is 5.79 Å². The lowest BCUT2D eigenvalue weighted by Gasteiger charge is -2.60. The molecule has 1 saturated carbocycles. The monoisotopic (exact) mass is 302 g/mol. The molecule has 0 amide bonds. The first-order chi connectivity index (χ1) is 9.79. The molecule has 2 bridgehead atoms. The van der Waals surface area contributed by atoms with Crippen LogP contribution < -0.4 is 0 Å². The summed E-state index contributed by atoms with van der Waals surface area (Å²) in [5, 5.41) is 9.99. The summed E-state index contributed by atoms with van der Waals surface area (Å²) in [4.78, 5) is 11.4. The summed E-state index contributed by atoms with van der Waals surface area (Å²) in [5.74, 6) is -1.19. The van der Waals surface area contributed by atoms with Gasteiger partial charge in [0.05, 0.1) is 0 Å². The minimum Gasteiger partial charge on any atom is -0.340 e. The van der Waals surface area contributed by atoms with Crippen LogP contribution in [0.15, 0.2) is 0 Å². The highest BCUT2D eigenvalue weighted by atomic mass is 19.2. The number of aliphatic hydroxyl groups is 1. The summed E-state index contributed by atoms with van der Waals surface area (Å²) in [6, 6.07) is -2.68. The van der Waals surface area contributed by atoms with Crippen molar-refractivity contribution in [3.63, 3.8) is 0 Å². The lowest BCUT2D eigenvalue weighted by molar-refractivity contribution is -0.594. The van der Waals surface area contributed by atoms with E-state index < -0.39 is 29.6 Å². The van der Waals surface area contributed by atoms with Crippen molar-refractivity contribution >= 4 is 0 Å². The van der Waals surface area contributed by atoms with E-state index in [9.17, 15) is 9.50 Å². The maximum atomic E-state index is 14.5. The van der Waals surface area contributed by atoms with E-state index in [1.165, 1.54) is 0 Å². The van der Waals surface area contributed by atoms with Gasteiger partial charge in [-0.25, -0.2) is 9.78 Å². The Labute approximate surface area is 123 Å². The molecule has 5 nitrogen and oxygen atoms in total. The van der Waals surface area contributed by atoms with Gasteiger partial charge in [0.15, 0.2) is 11.9 Å². The summed E-state index contributed by atoms with van der Waals surface area (Å²) in [5.41, 5.74) is -0.814. The van der Waals surface area contributed by atoms with Gasteiger partial charge < -0.3 is 9.84 Å². The summed E-state index contributed by atoms with van der Waals surface area (Å²) < 4.78 is 25.7. The predicted molar refractivity (Wildman–Crippen MR) is 69.1 cm³/mol. The highest BCUT2D eigenvalue weighted by molar-refractivity contribution is 5.09. The average Bonchev–Trinajstić information content (AvgIpc) is 2.62. The Balaban J connectivity index is 1.83.